The van der Waals surface area contributed by atoms with E-state index < -0.39 is 0 Å². The van der Waals surface area contributed by atoms with Crippen molar-refractivity contribution in [3.8, 4) is 0 Å². The molecule has 2 unspecified atom stereocenters. The molecule has 18 heavy (non-hydrogen) atoms. The highest BCUT2D eigenvalue weighted by molar-refractivity contribution is 5.76. The zero-order valence-corrected chi connectivity index (χ0v) is 11.5. The van der Waals surface area contributed by atoms with Gasteiger partial charge in [0.15, 0.2) is 0 Å². The Balaban J connectivity index is 2.59. The van der Waals surface area contributed by atoms with Crippen LogP contribution < -0.4 is 0 Å². The van der Waals surface area contributed by atoms with Crippen molar-refractivity contribution in [1.82, 2.24) is 4.90 Å². The number of nitrogens with zero attached hydrogens (tertiary/aromatic N) is 1. The van der Waals surface area contributed by atoms with Crippen LogP contribution in [0.5, 0.6) is 0 Å². The third-order valence-corrected chi connectivity index (χ3v) is 3.32. The summed E-state index contributed by atoms with van der Waals surface area (Å²) in [5.41, 5.74) is 0. The lowest BCUT2D eigenvalue weighted by molar-refractivity contribution is -0.150. The molecule has 1 aliphatic heterocycles. The van der Waals surface area contributed by atoms with Gasteiger partial charge in [0.05, 0.1) is 19.6 Å². The van der Waals surface area contributed by atoms with Crippen LogP contribution in [0.3, 0.4) is 0 Å². The molecule has 5 nitrogen and oxygen atoms in total. The first-order valence-corrected chi connectivity index (χ1v) is 6.62. The zero-order valence-electron chi connectivity index (χ0n) is 11.5. The molecule has 1 saturated heterocycles. The maximum Gasteiger partial charge on any atom is 0.323 e. The first-order chi connectivity index (χ1) is 8.63. The Morgan fingerprint density at radius 1 is 1.39 bits per heavy atom. The molecule has 2 atom stereocenters. The fraction of sp³-hybridized carbons (Fsp3) is 0.846. The van der Waals surface area contributed by atoms with Crippen LogP contribution in [0.4, 0.5) is 0 Å². The lowest BCUT2D eigenvalue weighted by Gasteiger charge is -2.25. The van der Waals surface area contributed by atoms with E-state index in [1.54, 1.807) is 0 Å². The third-order valence-electron chi connectivity index (χ3n) is 3.32. The van der Waals surface area contributed by atoms with Crippen LogP contribution in [0.15, 0.2) is 0 Å². The van der Waals surface area contributed by atoms with Crippen molar-refractivity contribution in [3.05, 3.63) is 0 Å². The monoisotopic (exact) mass is 257 g/mol. The first kappa shape index (κ1) is 15.0. The average Bonchev–Trinajstić information content (AvgIpc) is 2.84. The quantitative estimate of drug-likeness (QED) is 0.669. The van der Waals surface area contributed by atoms with Crippen molar-refractivity contribution in [1.29, 1.82) is 0 Å². The topological polar surface area (TPSA) is 55.8 Å². The Morgan fingerprint density at radius 3 is 2.67 bits per heavy atom. The van der Waals surface area contributed by atoms with Gasteiger partial charge >= 0.3 is 11.9 Å². The summed E-state index contributed by atoms with van der Waals surface area (Å²) in [7, 11) is 1.40. The summed E-state index contributed by atoms with van der Waals surface area (Å²) in [6.07, 6.45) is 2.45. The first-order valence-electron chi connectivity index (χ1n) is 6.62. The molecule has 1 aliphatic rings. The van der Waals surface area contributed by atoms with Crippen molar-refractivity contribution in [2.75, 3.05) is 26.8 Å². The van der Waals surface area contributed by atoms with E-state index in [0.29, 0.717) is 13.2 Å². The van der Waals surface area contributed by atoms with E-state index in [4.69, 9.17) is 9.47 Å². The molecule has 5 heteroatoms. The molecular formula is C13H23NO4. The number of carbonyl (C=O) groups is 2. The zero-order chi connectivity index (χ0) is 13.5. The van der Waals surface area contributed by atoms with Crippen molar-refractivity contribution < 1.29 is 19.1 Å². The maximum atomic E-state index is 11.9. The molecule has 0 bridgehead atoms. The number of likely N-dealkylation sites (tertiary alicyclic amines) is 1. The molecule has 0 spiro atoms. The van der Waals surface area contributed by atoms with Gasteiger partial charge in [-0.15, -0.1) is 0 Å². The van der Waals surface area contributed by atoms with Crippen LogP contribution >= 0.6 is 0 Å². The van der Waals surface area contributed by atoms with Gasteiger partial charge in [0.1, 0.15) is 6.04 Å². The molecule has 0 aromatic heterocycles. The summed E-state index contributed by atoms with van der Waals surface area (Å²) < 4.78 is 9.84. The van der Waals surface area contributed by atoms with E-state index >= 15 is 0 Å². The summed E-state index contributed by atoms with van der Waals surface area (Å²) in [5, 5.41) is 0. The SMILES string of the molecule is CCCC(C(=O)OCC)N1CCC(C(=O)OC)C1. The molecule has 0 aliphatic carbocycles. The fourth-order valence-electron chi connectivity index (χ4n) is 2.39. The van der Waals surface area contributed by atoms with Crippen LogP contribution in [-0.2, 0) is 19.1 Å². The van der Waals surface area contributed by atoms with Crippen molar-refractivity contribution >= 4 is 11.9 Å². The Bertz CT molecular complexity index is 293. The molecule has 0 saturated carbocycles. The second-order valence-corrected chi connectivity index (χ2v) is 4.56. The summed E-state index contributed by atoms with van der Waals surface area (Å²) in [6, 6.07) is -0.218. The van der Waals surface area contributed by atoms with Gasteiger partial charge in [-0.3, -0.25) is 14.5 Å². The number of hydrogen-bond acceptors (Lipinski definition) is 5. The number of hydrogen-bond donors (Lipinski definition) is 0. The molecule has 0 amide bonds. The molecule has 0 N–H and O–H groups in total. The van der Waals surface area contributed by atoms with Gasteiger partial charge in [0, 0.05) is 6.54 Å². The standard InChI is InChI=1S/C13H23NO4/c1-4-6-11(13(16)18-5-2)14-8-7-10(9-14)12(15)17-3/h10-11H,4-9H2,1-3H3. The Kier molecular flexibility index (Phi) is 6.12. The average molecular weight is 257 g/mol. The van der Waals surface area contributed by atoms with E-state index in [1.165, 1.54) is 7.11 Å². The van der Waals surface area contributed by atoms with Crippen molar-refractivity contribution in [2.24, 2.45) is 5.92 Å². The van der Waals surface area contributed by atoms with Gasteiger partial charge in [-0.05, 0) is 26.3 Å². The second kappa shape index (κ2) is 7.36. The highest BCUT2D eigenvalue weighted by atomic mass is 16.5. The number of carbonyl (C=O) groups excluding carboxylic acids is 2. The Labute approximate surface area is 108 Å². The number of methoxy groups -OCH3 is 1. The van der Waals surface area contributed by atoms with Crippen molar-refractivity contribution in [3.63, 3.8) is 0 Å². The second-order valence-electron chi connectivity index (χ2n) is 4.56. The number of ether oxygens (including phenoxy) is 2. The largest absolute Gasteiger partial charge is 0.469 e. The molecular weight excluding hydrogens is 234 g/mol. The van der Waals surface area contributed by atoms with Crippen LogP contribution in [0.2, 0.25) is 0 Å². The fourth-order valence-corrected chi connectivity index (χ4v) is 2.39. The van der Waals surface area contributed by atoms with Gasteiger partial charge in [0.25, 0.3) is 0 Å². The smallest absolute Gasteiger partial charge is 0.323 e. The Morgan fingerprint density at radius 2 is 2.11 bits per heavy atom. The Hall–Kier alpha value is -1.10. The highest BCUT2D eigenvalue weighted by Gasteiger charge is 2.35. The van der Waals surface area contributed by atoms with Gasteiger partial charge in [0.2, 0.25) is 0 Å². The molecule has 1 fully saturated rings. The highest BCUT2D eigenvalue weighted by Crippen LogP contribution is 2.22. The maximum absolute atomic E-state index is 11.9. The summed E-state index contributed by atoms with van der Waals surface area (Å²) in [5.74, 6) is -0.467. The van der Waals surface area contributed by atoms with Crippen LogP contribution in [0, 0.1) is 5.92 Å². The molecule has 1 heterocycles. The lowest BCUT2D eigenvalue weighted by Crippen LogP contribution is -2.41. The summed E-state index contributed by atoms with van der Waals surface area (Å²) >= 11 is 0. The van der Waals surface area contributed by atoms with Crippen LogP contribution in [0.1, 0.15) is 33.1 Å². The lowest BCUT2D eigenvalue weighted by atomic mass is 10.1. The third kappa shape index (κ3) is 3.70. The van der Waals surface area contributed by atoms with Gasteiger partial charge in [-0.1, -0.05) is 13.3 Å². The minimum absolute atomic E-state index is 0.108. The minimum Gasteiger partial charge on any atom is -0.469 e. The molecule has 0 aromatic rings. The van der Waals surface area contributed by atoms with Gasteiger partial charge < -0.3 is 9.47 Å². The molecule has 0 radical (unpaired) electrons. The van der Waals surface area contributed by atoms with E-state index in [-0.39, 0.29) is 23.9 Å². The van der Waals surface area contributed by atoms with Gasteiger partial charge in [-0.2, -0.15) is 0 Å². The van der Waals surface area contributed by atoms with Gasteiger partial charge in [-0.25, -0.2) is 0 Å². The van der Waals surface area contributed by atoms with Crippen molar-refractivity contribution in [2.45, 2.75) is 39.2 Å². The number of rotatable bonds is 6. The van der Waals surface area contributed by atoms with E-state index in [0.717, 1.165) is 25.8 Å². The summed E-state index contributed by atoms with van der Waals surface area (Å²) in [6.45, 7) is 5.59. The predicted molar refractivity (Wildman–Crippen MR) is 67.0 cm³/mol. The van der Waals surface area contributed by atoms with E-state index in [1.807, 2.05) is 18.7 Å². The molecule has 104 valence electrons. The number of esters is 2. The normalized spacial score (nSPS) is 21.6. The van der Waals surface area contributed by atoms with Crippen LogP contribution in [-0.4, -0.2) is 49.7 Å². The predicted octanol–water partition coefficient (Wildman–Crippen LogP) is 1.21. The van der Waals surface area contributed by atoms with E-state index in [9.17, 15) is 9.59 Å². The summed E-state index contributed by atoms with van der Waals surface area (Å²) in [4.78, 5) is 25.4. The minimum atomic E-state index is -0.218. The molecule has 1 rings (SSSR count). The van der Waals surface area contributed by atoms with Crippen LogP contribution in [0.25, 0.3) is 0 Å². The van der Waals surface area contributed by atoms with E-state index in [2.05, 4.69) is 0 Å². The molecule has 0 aromatic carbocycles.